The molecule has 164 valence electrons. The van der Waals surface area contributed by atoms with E-state index in [-0.39, 0.29) is 0 Å². The van der Waals surface area contributed by atoms with E-state index in [1.807, 2.05) is 22.7 Å². The molecule has 0 fully saturated rings. The molecule has 6 heteroatoms. The van der Waals surface area contributed by atoms with Crippen molar-refractivity contribution in [1.29, 1.82) is 0 Å². The molecule has 2 nitrogen and oxygen atoms in total. The van der Waals surface area contributed by atoms with Crippen molar-refractivity contribution in [2.75, 3.05) is 0 Å². The Bertz CT molecular complexity index is 1290. The van der Waals surface area contributed by atoms with Gasteiger partial charge >= 0.3 is 0 Å². The average molecular weight is 495 g/mol. The fraction of sp³-hybridized carbons (Fsp3) is 0.308. The first kappa shape index (κ1) is 22.0. The number of benzene rings is 1. The summed E-state index contributed by atoms with van der Waals surface area (Å²) >= 11 is 6.88. The molecule has 4 aromatic heterocycles. The second kappa shape index (κ2) is 9.96. The fourth-order valence-corrected chi connectivity index (χ4v) is 7.73. The van der Waals surface area contributed by atoms with Gasteiger partial charge in [0.1, 0.15) is 11.0 Å². The summed E-state index contributed by atoms with van der Waals surface area (Å²) < 4.78 is 9.29. The van der Waals surface area contributed by atoms with Crippen molar-refractivity contribution < 1.29 is 0 Å². The first-order valence-corrected chi connectivity index (χ1v) is 14.5. The van der Waals surface area contributed by atoms with Gasteiger partial charge in [0.2, 0.25) is 0 Å². The molecule has 1 aromatic carbocycles. The predicted octanol–water partition coefficient (Wildman–Crippen LogP) is 9.64. The Morgan fingerprint density at radius 3 is 2.22 bits per heavy atom. The van der Waals surface area contributed by atoms with Crippen LogP contribution >= 0.6 is 45.7 Å². The molecule has 5 rings (SSSR count). The number of thiophene rings is 3. The summed E-state index contributed by atoms with van der Waals surface area (Å²) in [4.78, 5) is 6.75. The van der Waals surface area contributed by atoms with Gasteiger partial charge < -0.3 is 0 Å². The minimum Gasteiger partial charge on any atom is -0.172 e. The van der Waals surface area contributed by atoms with E-state index in [4.69, 9.17) is 0 Å². The highest BCUT2D eigenvalue weighted by molar-refractivity contribution is 7.24. The maximum atomic E-state index is 4.66. The highest BCUT2D eigenvalue weighted by Gasteiger charge is 2.16. The third kappa shape index (κ3) is 4.46. The average Bonchev–Trinajstić information content (AvgIpc) is 3.62. The molecule has 1 atom stereocenters. The number of hydrogen-bond acceptors (Lipinski definition) is 6. The van der Waals surface area contributed by atoms with Crippen LogP contribution in [0.1, 0.15) is 44.4 Å². The minimum absolute atomic E-state index is 0.813. The van der Waals surface area contributed by atoms with E-state index in [1.54, 1.807) is 11.3 Å². The first-order chi connectivity index (χ1) is 15.8. The number of fused-ring (bicyclic) bond motifs is 1. The zero-order valence-corrected chi connectivity index (χ0v) is 21.6. The third-order valence-corrected chi connectivity index (χ3v) is 9.86. The number of nitrogens with zero attached hydrogens (tertiary/aromatic N) is 2. The maximum absolute atomic E-state index is 4.66. The van der Waals surface area contributed by atoms with Crippen molar-refractivity contribution in [3.8, 4) is 30.6 Å². The molecule has 0 bridgehead atoms. The second-order valence-corrected chi connectivity index (χ2v) is 11.9. The molecule has 1 unspecified atom stereocenters. The van der Waals surface area contributed by atoms with Crippen LogP contribution in [0.5, 0.6) is 0 Å². The van der Waals surface area contributed by atoms with Gasteiger partial charge in [0.05, 0.1) is 11.7 Å². The largest absolute Gasteiger partial charge is 0.172 e. The van der Waals surface area contributed by atoms with Gasteiger partial charge in [-0.1, -0.05) is 57.7 Å². The summed E-state index contributed by atoms with van der Waals surface area (Å²) in [7, 11) is 0. The second-order valence-electron chi connectivity index (χ2n) is 8.15. The Hall–Kier alpha value is -1.86. The van der Waals surface area contributed by atoms with Crippen molar-refractivity contribution in [2.45, 2.75) is 46.0 Å². The molecule has 0 aliphatic heterocycles. The van der Waals surface area contributed by atoms with Gasteiger partial charge in [-0.25, -0.2) is 0 Å². The molecular formula is C26H26N2S4. The summed E-state index contributed by atoms with van der Waals surface area (Å²) in [6.45, 7) is 4.62. The Balaban J connectivity index is 1.40. The van der Waals surface area contributed by atoms with Crippen molar-refractivity contribution in [1.82, 2.24) is 8.75 Å². The van der Waals surface area contributed by atoms with Gasteiger partial charge in [-0.3, -0.25) is 0 Å². The summed E-state index contributed by atoms with van der Waals surface area (Å²) in [5.74, 6) is 0.813. The van der Waals surface area contributed by atoms with Crippen molar-refractivity contribution in [3.05, 3.63) is 58.8 Å². The normalized spacial score (nSPS) is 12.6. The zero-order valence-electron chi connectivity index (χ0n) is 18.3. The molecule has 4 heterocycles. The van der Waals surface area contributed by atoms with Gasteiger partial charge in [0.15, 0.2) is 0 Å². The zero-order chi connectivity index (χ0) is 21.9. The van der Waals surface area contributed by atoms with E-state index < -0.39 is 0 Å². The van der Waals surface area contributed by atoms with Crippen molar-refractivity contribution in [3.63, 3.8) is 0 Å². The summed E-state index contributed by atoms with van der Waals surface area (Å²) in [6.07, 6.45) is 6.48. The molecule has 0 N–H and O–H groups in total. The molecule has 0 aliphatic carbocycles. The number of hydrogen-bond donors (Lipinski definition) is 0. The SMILES string of the molecule is CCCCC(CC)Cc1ccc(-c2ccc(-c3ccc(-c4cccs4)c4nsnc34)s2)s1. The van der Waals surface area contributed by atoms with E-state index in [0.717, 1.165) is 17.0 Å². The lowest BCUT2D eigenvalue weighted by Gasteiger charge is -2.12. The molecule has 5 aromatic rings. The van der Waals surface area contributed by atoms with Crippen molar-refractivity contribution >= 4 is 56.8 Å². The molecule has 32 heavy (non-hydrogen) atoms. The van der Waals surface area contributed by atoms with Crippen LogP contribution in [0.25, 0.3) is 41.7 Å². The van der Waals surface area contributed by atoms with Crippen molar-refractivity contribution in [2.24, 2.45) is 5.92 Å². The standard InChI is InChI=1S/C26H26N2S4/c1-3-5-7-17(4-2)16-18-9-12-23(30-18)24-14-13-22(31-24)20-11-10-19(21-8-6-15-29-21)25-26(20)28-32-27-25/h6,8-15,17H,3-5,7,16H2,1-2H3. The van der Waals surface area contributed by atoms with Crippen LogP contribution in [0.3, 0.4) is 0 Å². The lowest BCUT2D eigenvalue weighted by Crippen LogP contribution is -2.01. The fourth-order valence-electron chi connectivity index (χ4n) is 4.16. The molecule has 0 radical (unpaired) electrons. The quantitative estimate of drug-likeness (QED) is 0.204. The summed E-state index contributed by atoms with van der Waals surface area (Å²) in [6, 6.07) is 17.8. The van der Waals surface area contributed by atoms with E-state index >= 15 is 0 Å². The Labute approximate surface area is 205 Å². The molecule has 0 aliphatic rings. The maximum Gasteiger partial charge on any atom is 0.114 e. The molecule has 0 spiro atoms. The van der Waals surface area contributed by atoms with E-state index in [9.17, 15) is 0 Å². The van der Waals surface area contributed by atoms with E-state index in [0.29, 0.717) is 0 Å². The molecular weight excluding hydrogens is 469 g/mol. The van der Waals surface area contributed by atoms with E-state index in [2.05, 4.69) is 76.5 Å². The van der Waals surface area contributed by atoms with Crippen LogP contribution in [0.15, 0.2) is 53.9 Å². The van der Waals surface area contributed by atoms with Crippen LogP contribution in [0.2, 0.25) is 0 Å². The Morgan fingerprint density at radius 1 is 0.781 bits per heavy atom. The molecule has 0 saturated heterocycles. The van der Waals surface area contributed by atoms with Gasteiger partial charge in [-0.05, 0) is 48.1 Å². The number of rotatable bonds is 9. The third-order valence-electron chi connectivity index (χ3n) is 6.01. The smallest absolute Gasteiger partial charge is 0.114 e. The van der Waals surface area contributed by atoms with Crippen LogP contribution in [-0.4, -0.2) is 8.75 Å². The highest BCUT2D eigenvalue weighted by Crippen LogP contribution is 2.42. The van der Waals surface area contributed by atoms with Crippen LogP contribution in [0.4, 0.5) is 0 Å². The summed E-state index contributed by atoms with van der Waals surface area (Å²) in [5, 5.41) is 2.11. The van der Waals surface area contributed by atoms with Crippen LogP contribution < -0.4 is 0 Å². The number of unbranched alkanes of at least 4 members (excludes halogenated alkanes) is 1. The number of aromatic nitrogens is 2. The molecule has 0 amide bonds. The lowest BCUT2D eigenvalue weighted by atomic mass is 9.95. The predicted molar refractivity (Wildman–Crippen MR) is 144 cm³/mol. The van der Waals surface area contributed by atoms with Crippen LogP contribution in [-0.2, 0) is 6.42 Å². The summed E-state index contributed by atoms with van der Waals surface area (Å²) in [5.41, 5.74) is 4.40. The monoisotopic (exact) mass is 494 g/mol. The van der Waals surface area contributed by atoms with Gasteiger partial charge in [-0.15, -0.1) is 34.0 Å². The van der Waals surface area contributed by atoms with Crippen LogP contribution in [0, 0.1) is 5.92 Å². The topological polar surface area (TPSA) is 25.8 Å². The lowest BCUT2D eigenvalue weighted by molar-refractivity contribution is 0.452. The first-order valence-electron chi connectivity index (χ1n) is 11.2. The highest BCUT2D eigenvalue weighted by atomic mass is 32.1. The van der Waals surface area contributed by atoms with Gasteiger partial charge in [-0.2, -0.15) is 8.75 Å². The van der Waals surface area contributed by atoms with Gasteiger partial charge in [0, 0.05) is 35.5 Å². The van der Waals surface area contributed by atoms with Gasteiger partial charge in [0.25, 0.3) is 0 Å². The Kier molecular flexibility index (Phi) is 6.83. The minimum atomic E-state index is 0.813. The van der Waals surface area contributed by atoms with E-state index in [1.165, 1.54) is 79.3 Å². The Morgan fingerprint density at radius 2 is 1.50 bits per heavy atom. The molecule has 0 saturated carbocycles.